The first-order valence-electron chi connectivity index (χ1n) is 12.0. The van der Waals surface area contributed by atoms with Crippen LogP contribution in [0.1, 0.15) is 22.3 Å². The van der Waals surface area contributed by atoms with Gasteiger partial charge in [-0.1, -0.05) is 12.1 Å². The van der Waals surface area contributed by atoms with Crippen LogP contribution in [-0.4, -0.2) is 58.6 Å². The number of anilines is 3. The van der Waals surface area contributed by atoms with Gasteiger partial charge in [-0.2, -0.15) is 18.3 Å². The van der Waals surface area contributed by atoms with E-state index in [0.717, 1.165) is 13.0 Å². The zero-order chi connectivity index (χ0) is 29.0. The van der Waals surface area contributed by atoms with E-state index in [1.54, 1.807) is 18.3 Å². The highest BCUT2D eigenvalue weighted by Crippen LogP contribution is 2.34. The van der Waals surface area contributed by atoms with E-state index in [0.29, 0.717) is 47.0 Å². The maximum Gasteiger partial charge on any atom is 0.416 e. The highest BCUT2D eigenvalue weighted by atomic mass is 19.4. The van der Waals surface area contributed by atoms with Crippen molar-refractivity contribution in [1.29, 1.82) is 0 Å². The predicted octanol–water partition coefficient (Wildman–Crippen LogP) is 4.46. The molecule has 4 rings (SSSR count). The van der Waals surface area contributed by atoms with Gasteiger partial charge in [0, 0.05) is 24.0 Å². The van der Waals surface area contributed by atoms with Crippen molar-refractivity contribution in [2.75, 3.05) is 43.6 Å². The van der Waals surface area contributed by atoms with Crippen LogP contribution in [0.25, 0.3) is 16.6 Å². The number of nitrogens with two attached hydrogens (primary N) is 1. The van der Waals surface area contributed by atoms with Crippen molar-refractivity contribution in [2.24, 2.45) is 0 Å². The summed E-state index contributed by atoms with van der Waals surface area (Å²) in [5, 5.41) is 11.6. The van der Waals surface area contributed by atoms with Gasteiger partial charge in [-0.15, -0.1) is 0 Å². The van der Waals surface area contributed by atoms with E-state index < -0.39 is 29.3 Å². The molecule has 0 unspecified atom stereocenters. The fourth-order valence-corrected chi connectivity index (χ4v) is 3.99. The molecule has 14 heteroatoms. The zero-order valence-electron chi connectivity index (χ0n) is 21.5. The van der Waals surface area contributed by atoms with E-state index in [2.05, 4.69) is 26.0 Å². The monoisotopic (exact) mass is 558 g/mol. The summed E-state index contributed by atoms with van der Waals surface area (Å²) in [5.74, 6) is -1.20. The van der Waals surface area contributed by atoms with Gasteiger partial charge < -0.3 is 26.6 Å². The second-order valence-corrected chi connectivity index (χ2v) is 9.12. The van der Waals surface area contributed by atoms with Crippen molar-refractivity contribution in [2.45, 2.75) is 12.6 Å². The highest BCUT2D eigenvalue weighted by Gasteiger charge is 2.31. The molecule has 2 aromatic carbocycles. The smallest absolute Gasteiger partial charge is 0.382 e. The third-order valence-electron chi connectivity index (χ3n) is 5.89. The molecular formula is C26H26F4N8O2. The Morgan fingerprint density at radius 1 is 1.07 bits per heavy atom. The normalized spacial score (nSPS) is 11.6. The summed E-state index contributed by atoms with van der Waals surface area (Å²) in [6, 6.07) is 7.03. The molecule has 0 atom stereocenters. The minimum absolute atomic E-state index is 0.154. The third-order valence-corrected chi connectivity index (χ3v) is 5.89. The summed E-state index contributed by atoms with van der Waals surface area (Å²) in [5.41, 5.74) is 6.42. The van der Waals surface area contributed by atoms with E-state index in [1.807, 2.05) is 19.0 Å². The Morgan fingerprint density at radius 2 is 1.80 bits per heavy atom. The number of halogens is 4. The van der Waals surface area contributed by atoms with Crippen LogP contribution in [-0.2, 0) is 6.18 Å². The molecule has 0 aliphatic rings. The number of nitrogens with zero attached hydrogens (tertiary/aromatic N) is 4. The van der Waals surface area contributed by atoms with Gasteiger partial charge in [-0.25, -0.2) is 18.7 Å². The molecule has 0 aliphatic heterocycles. The number of hydrogen-bond donors (Lipinski definition) is 4. The lowest BCUT2D eigenvalue weighted by molar-refractivity contribution is -0.137. The van der Waals surface area contributed by atoms with E-state index in [4.69, 9.17) is 5.73 Å². The second kappa shape index (κ2) is 11.6. The van der Waals surface area contributed by atoms with E-state index in [9.17, 15) is 27.2 Å². The number of carbonyl (C=O) groups excluding carboxylic acids is 2. The van der Waals surface area contributed by atoms with Gasteiger partial charge in [-0.05, 0) is 63.0 Å². The topological polar surface area (TPSA) is 130 Å². The number of amides is 3. The van der Waals surface area contributed by atoms with Gasteiger partial charge >= 0.3 is 12.2 Å². The first kappa shape index (κ1) is 28.3. The van der Waals surface area contributed by atoms with Crippen molar-refractivity contribution >= 4 is 34.6 Å². The summed E-state index contributed by atoms with van der Waals surface area (Å²) < 4.78 is 54.3. The first-order valence-corrected chi connectivity index (χ1v) is 12.0. The van der Waals surface area contributed by atoms with E-state index in [-0.39, 0.29) is 17.4 Å². The number of nitrogens with one attached hydrogen (secondary N) is 3. The van der Waals surface area contributed by atoms with Gasteiger partial charge in [0.2, 0.25) is 0 Å². The van der Waals surface area contributed by atoms with Crippen LogP contribution < -0.4 is 21.7 Å². The van der Waals surface area contributed by atoms with Crippen LogP contribution in [0.4, 0.5) is 39.5 Å². The lowest BCUT2D eigenvalue weighted by atomic mass is 10.0. The van der Waals surface area contributed by atoms with Gasteiger partial charge in [0.1, 0.15) is 17.7 Å². The SMILES string of the molecule is CN(C)CCCNC(=O)c1cn2ncnc(N)c2c1-c1ccc(NC(=O)Nc2cc(C(F)(F)F)ccc2F)cc1. The average Bonchev–Trinajstić information content (AvgIpc) is 3.28. The third kappa shape index (κ3) is 6.46. The van der Waals surface area contributed by atoms with Crippen LogP contribution in [0.3, 0.4) is 0 Å². The largest absolute Gasteiger partial charge is 0.416 e. The van der Waals surface area contributed by atoms with Crippen LogP contribution in [0.2, 0.25) is 0 Å². The molecule has 4 aromatic rings. The van der Waals surface area contributed by atoms with Crippen molar-refractivity contribution in [3.8, 4) is 11.1 Å². The zero-order valence-corrected chi connectivity index (χ0v) is 21.5. The van der Waals surface area contributed by atoms with Gasteiger partial charge in [0.15, 0.2) is 5.82 Å². The van der Waals surface area contributed by atoms with Gasteiger partial charge in [0.05, 0.1) is 16.8 Å². The molecule has 10 nitrogen and oxygen atoms in total. The van der Waals surface area contributed by atoms with Crippen molar-refractivity contribution in [3.05, 3.63) is 71.9 Å². The summed E-state index contributed by atoms with van der Waals surface area (Å²) in [7, 11) is 3.88. The summed E-state index contributed by atoms with van der Waals surface area (Å²) in [4.78, 5) is 31.5. The molecule has 0 fully saturated rings. The fourth-order valence-electron chi connectivity index (χ4n) is 3.99. The predicted molar refractivity (Wildman–Crippen MR) is 142 cm³/mol. The molecule has 2 aromatic heterocycles. The quantitative estimate of drug-likeness (QED) is 0.187. The number of hydrogen-bond acceptors (Lipinski definition) is 6. The molecule has 0 radical (unpaired) electrons. The molecule has 210 valence electrons. The second-order valence-electron chi connectivity index (χ2n) is 9.12. The molecule has 2 heterocycles. The Labute approximate surface area is 226 Å². The maximum atomic E-state index is 14.0. The molecule has 0 bridgehead atoms. The molecule has 0 aliphatic carbocycles. The molecule has 0 saturated carbocycles. The highest BCUT2D eigenvalue weighted by molar-refractivity contribution is 6.07. The van der Waals surface area contributed by atoms with E-state index >= 15 is 0 Å². The molecule has 3 amide bonds. The minimum atomic E-state index is -4.70. The Bertz CT molecular complexity index is 1530. The number of urea groups is 1. The van der Waals surface area contributed by atoms with Crippen LogP contribution >= 0.6 is 0 Å². The number of aromatic nitrogens is 3. The number of benzene rings is 2. The number of nitrogen functional groups attached to an aromatic ring is 1. The van der Waals surface area contributed by atoms with Crippen molar-refractivity contribution in [3.63, 3.8) is 0 Å². The Morgan fingerprint density at radius 3 is 2.48 bits per heavy atom. The fraction of sp³-hybridized carbons (Fsp3) is 0.231. The molecule has 40 heavy (non-hydrogen) atoms. The molecule has 5 N–H and O–H groups in total. The molecule has 0 saturated heterocycles. The summed E-state index contributed by atoms with van der Waals surface area (Å²) in [6.45, 7) is 1.25. The minimum Gasteiger partial charge on any atom is -0.382 e. The maximum absolute atomic E-state index is 14.0. The van der Waals surface area contributed by atoms with Gasteiger partial charge in [-0.3, -0.25) is 4.79 Å². The van der Waals surface area contributed by atoms with Crippen LogP contribution in [0.15, 0.2) is 55.0 Å². The van der Waals surface area contributed by atoms with Crippen LogP contribution in [0, 0.1) is 5.82 Å². The standard InChI is InChI=1S/C26H26F4N8O2/c1-37(2)11-3-10-32-24(39)18-13-38-22(23(31)33-14-34-38)21(18)15-4-7-17(8-5-15)35-25(40)36-20-12-16(26(28,29)30)6-9-19(20)27/h4-9,12-14H,3,10-11H2,1-2H3,(H,32,39)(H2,31,33,34)(H2,35,36,40). The number of rotatable bonds is 8. The van der Waals surface area contributed by atoms with Gasteiger partial charge in [0.25, 0.3) is 5.91 Å². The lowest BCUT2D eigenvalue weighted by Crippen LogP contribution is -2.27. The summed E-state index contributed by atoms with van der Waals surface area (Å²) in [6.07, 6.45) is -1.14. The Kier molecular flexibility index (Phi) is 8.18. The van der Waals surface area contributed by atoms with Crippen molar-refractivity contribution in [1.82, 2.24) is 24.8 Å². The lowest BCUT2D eigenvalue weighted by Gasteiger charge is -2.12. The average molecular weight is 559 g/mol. The number of carbonyl (C=O) groups is 2. The van der Waals surface area contributed by atoms with Crippen molar-refractivity contribution < 1.29 is 27.2 Å². The Hall–Kier alpha value is -4.72. The number of fused-ring (bicyclic) bond motifs is 1. The Balaban J connectivity index is 1.55. The first-order chi connectivity index (χ1) is 18.9. The van der Waals surface area contributed by atoms with E-state index in [1.165, 1.54) is 23.0 Å². The van der Waals surface area contributed by atoms with Crippen LogP contribution in [0.5, 0.6) is 0 Å². The number of alkyl halides is 3. The summed E-state index contributed by atoms with van der Waals surface area (Å²) >= 11 is 0. The molecule has 0 spiro atoms. The molecular weight excluding hydrogens is 532 g/mol.